The Kier molecular flexibility index (Phi) is 8.08. The van der Waals surface area contributed by atoms with E-state index in [0.717, 1.165) is 22.0 Å². The molecule has 4 aromatic rings. The third-order valence-corrected chi connectivity index (χ3v) is 6.02. The minimum absolute atomic E-state index is 0.251. The number of aromatic nitrogens is 3. The van der Waals surface area contributed by atoms with E-state index in [1.807, 2.05) is 74.1 Å². The van der Waals surface area contributed by atoms with E-state index >= 15 is 0 Å². The summed E-state index contributed by atoms with van der Waals surface area (Å²) in [4.78, 5) is 35.8. The summed E-state index contributed by atoms with van der Waals surface area (Å²) >= 11 is 0. The Morgan fingerprint density at radius 1 is 1.21 bits per heavy atom. The number of methoxy groups -OCH3 is 1. The highest BCUT2D eigenvalue weighted by molar-refractivity contribution is 6.03. The fourth-order valence-corrected chi connectivity index (χ4v) is 4.08. The van der Waals surface area contributed by atoms with Crippen LogP contribution in [0.1, 0.15) is 21.5 Å². The molecule has 0 bridgehead atoms. The van der Waals surface area contributed by atoms with Crippen LogP contribution < -0.4 is 10.6 Å². The van der Waals surface area contributed by atoms with Crippen LogP contribution in [0.3, 0.4) is 0 Å². The Balaban J connectivity index is 1.79. The van der Waals surface area contributed by atoms with Crippen molar-refractivity contribution in [3.05, 3.63) is 78.1 Å². The average molecular weight is 523 g/mol. The predicted octanol–water partition coefficient (Wildman–Crippen LogP) is 4.51. The van der Waals surface area contributed by atoms with E-state index in [1.165, 1.54) is 19.4 Å². The summed E-state index contributed by atoms with van der Waals surface area (Å²) in [5.74, 6) is 5.63. The van der Waals surface area contributed by atoms with Gasteiger partial charge in [0, 0.05) is 47.2 Å². The summed E-state index contributed by atoms with van der Waals surface area (Å²) in [6.07, 6.45) is 4.59. The van der Waals surface area contributed by atoms with Crippen LogP contribution in [-0.2, 0) is 16.6 Å². The monoisotopic (exact) mass is 522 g/mol. The van der Waals surface area contributed by atoms with E-state index in [1.54, 1.807) is 6.07 Å². The van der Waals surface area contributed by atoms with E-state index in [0.29, 0.717) is 29.2 Å². The minimum Gasteiger partial charge on any atom is -0.465 e. The molecule has 9 heteroatoms. The second-order valence-electron chi connectivity index (χ2n) is 9.19. The molecular weight excluding hydrogens is 492 g/mol. The van der Waals surface area contributed by atoms with Crippen molar-refractivity contribution >= 4 is 40.1 Å². The SMILES string of the molecule is C=CC(=O)Nc1cc(Nc2ncc(C(=O)OC)c(-c3cn(C)c4ccccc34)n2)c(C)cc1C#CCN(C)C. The Morgan fingerprint density at radius 3 is 2.69 bits per heavy atom. The van der Waals surface area contributed by atoms with Crippen LogP contribution >= 0.6 is 0 Å². The average Bonchev–Trinajstić information content (AvgIpc) is 3.26. The number of esters is 1. The zero-order valence-corrected chi connectivity index (χ0v) is 22.6. The van der Waals surface area contributed by atoms with Crippen molar-refractivity contribution in [1.29, 1.82) is 0 Å². The fourth-order valence-electron chi connectivity index (χ4n) is 4.08. The molecule has 0 saturated heterocycles. The summed E-state index contributed by atoms with van der Waals surface area (Å²) in [5.41, 5.74) is 5.22. The second-order valence-corrected chi connectivity index (χ2v) is 9.19. The van der Waals surface area contributed by atoms with Crippen LogP contribution in [0, 0.1) is 18.8 Å². The molecule has 0 aliphatic heterocycles. The lowest BCUT2D eigenvalue weighted by Crippen LogP contribution is -2.12. The van der Waals surface area contributed by atoms with Gasteiger partial charge < -0.3 is 19.9 Å². The molecule has 0 fully saturated rings. The summed E-state index contributed by atoms with van der Waals surface area (Å²) in [7, 11) is 7.14. The van der Waals surface area contributed by atoms with Gasteiger partial charge in [0.25, 0.3) is 0 Å². The molecule has 1 amide bonds. The predicted molar refractivity (Wildman–Crippen MR) is 154 cm³/mol. The lowest BCUT2D eigenvalue weighted by atomic mass is 10.1. The van der Waals surface area contributed by atoms with Gasteiger partial charge >= 0.3 is 5.97 Å². The van der Waals surface area contributed by atoms with Crippen LogP contribution in [0.25, 0.3) is 22.2 Å². The Hall–Kier alpha value is -4.94. The van der Waals surface area contributed by atoms with E-state index in [-0.39, 0.29) is 17.4 Å². The summed E-state index contributed by atoms with van der Waals surface area (Å²) < 4.78 is 6.99. The number of fused-ring (bicyclic) bond motifs is 1. The van der Waals surface area contributed by atoms with Crippen molar-refractivity contribution in [2.75, 3.05) is 38.4 Å². The van der Waals surface area contributed by atoms with Gasteiger partial charge in [-0.15, -0.1) is 0 Å². The highest BCUT2D eigenvalue weighted by Gasteiger charge is 2.21. The first-order valence-electron chi connectivity index (χ1n) is 12.2. The number of aryl methyl sites for hydroxylation is 2. The molecule has 198 valence electrons. The van der Waals surface area contributed by atoms with Crippen molar-refractivity contribution in [2.45, 2.75) is 6.92 Å². The lowest BCUT2D eigenvalue weighted by molar-refractivity contribution is -0.111. The minimum atomic E-state index is -0.532. The highest BCUT2D eigenvalue weighted by Crippen LogP contribution is 2.33. The highest BCUT2D eigenvalue weighted by atomic mass is 16.5. The maximum atomic E-state index is 12.6. The third kappa shape index (κ3) is 5.98. The van der Waals surface area contributed by atoms with Crippen molar-refractivity contribution in [3.63, 3.8) is 0 Å². The topological polar surface area (TPSA) is 101 Å². The van der Waals surface area contributed by atoms with Gasteiger partial charge in [0.1, 0.15) is 5.56 Å². The Morgan fingerprint density at radius 2 is 1.97 bits per heavy atom. The first-order chi connectivity index (χ1) is 18.7. The maximum Gasteiger partial charge on any atom is 0.341 e. The number of para-hydroxylation sites is 1. The smallest absolute Gasteiger partial charge is 0.341 e. The van der Waals surface area contributed by atoms with E-state index in [2.05, 4.69) is 34.0 Å². The van der Waals surface area contributed by atoms with Crippen molar-refractivity contribution in [2.24, 2.45) is 7.05 Å². The zero-order chi connectivity index (χ0) is 28.1. The first-order valence-corrected chi connectivity index (χ1v) is 12.2. The van der Waals surface area contributed by atoms with Gasteiger partial charge in [-0.25, -0.2) is 14.8 Å². The second kappa shape index (κ2) is 11.6. The lowest BCUT2D eigenvalue weighted by Gasteiger charge is -2.14. The van der Waals surface area contributed by atoms with Crippen LogP contribution in [0.2, 0.25) is 0 Å². The molecule has 0 saturated carbocycles. The molecule has 0 radical (unpaired) electrons. The standard InChI is InChI=1S/C30H30N6O3/c1-7-27(37)32-25-16-24(19(2)15-20(25)11-10-14-35(3)4)33-30-31-17-22(29(38)39-6)28(34-30)23-18-36(5)26-13-9-8-12-21(23)26/h7-9,12-13,15-18H,1,14H2,2-6H3,(H,32,37)(H,31,33,34). The van der Waals surface area contributed by atoms with Crippen LogP contribution in [0.4, 0.5) is 17.3 Å². The summed E-state index contributed by atoms with van der Waals surface area (Å²) in [6, 6.07) is 11.6. The number of benzene rings is 2. The molecule has 2 aromatic heterocycles. The molecule has 0 aliphatic rings. The molecule has 9 nitrogen and oxygen atoms in total. The number of amides is 1. The van der Waals surface area contributed by atoms with Gasteiger partial charge in [0.15, 0.2) is 0 Å². The van der Waals surface area contributed by atoms with Gasteiger partial charge in [-0.3, -0.25) is 9.69 Å². The summed E-state index contributed by atoms with van der Waals surface area (Å²) in [6.45, 7) is 6.04. The van der Waals surface area contributed by atoms with Gasteiger partial charge in [0.05, 0.1) is 25.0 Å². The van der Waals surface area contributed by atoms with E-state index < -0.39 is 5.97 Å². The van der Waals surface area contributed by atoms with E-state index in [4.69, 9.17) is 9.72 Å². The van der Waals surface area contributed by atoms with Gasteiger partial charge in [-0.2, -0.15) is 0 Å². The van der Waals surface area contributed by atoms with Crippen molar-refractivity contribution < 1.29 is 14.3 Å². The molecule has 0 spiro atoms. The number of nitrogens with one attached hydrogen (secondary N) is 2. The molecule has 4 rings (SSSR count). The van der Waals surface area contributed by atoms with E-state index in [9.17, 15) is 9.59 Å². The quantitative estimate of drug-likeness (QED) is 0.209. The molecular formula is C30H30N6O3. The first kappa shape index (κ1) is 27.1. The Bertz CT molecular complexity index is 1640. The molecule has 0 atom stereocenters. The number of hydrogen-bond donors (Lipinski definition) is 2. The summed E-state index contributed by atoms with van der Waals surface area (Å²) in [5, 5.41) is 7.01. The molecule has 2 heterocycles. The number of carbonyl (C=O) groups is 2. The van der Waals surface area contributed by atoms with Crippen LogP contribution in [0.5, 0.6) is 0 Å². The third-order valence-electron chi connectivity index (χ3n) is 6.02. The number of nitrogens with zero attached hydrogens (tertiary/aromatic N) is 4. The van der Waals surface area contributed by atoms with Crippen molar-refractivity contribution in [1.82, 2.24) is 19.4 Å². The Labute approximate surface area is 227 Å². The number of ether oxygens (including phenoxy) is 1. The maximum absolute atomic E-state index is 12.6. The van der Waals surface area contributed by atoms with Crippen LogP contribution in [-0.4, -0.2) is 59.1 Å². The largest absolute Gasteiger partial charge is 0.465 e. The molecule has 0 unspecified atom stereocenters. The number of anilines is 3. The fraction of sp³-hybridized carbons (Fsp3) is 0.200. The van der Waals surface area contributed by atoms with Crippen LogP contribution in [0.15, 0.2) is 61.4 Å². The number of rotatable bonds is 7. The van der Waals surface area contributed by atoms with Gasteiger partial charge in [-0.1, -0.05) is 36.6 Å². The van der Waals surface area contributed by atoms with Gasteiger partial charge in [0.2, 0.25) is 11.9 Å². The van der Waals surface area contributed by atoms with Crippen molar-refractivity contribution in [3.8, 4) is 23.1 Å². The van der Waals surface area contributed by atoms with Gasteiger partial charge in [-0.05, 0) is 50.9 Å². The number of carbonyl (C=O) groups excluding carboxylic acids is 2. The number of hydrogen-bond acceptors (Lipinski definition) is 7. The molecule has 0 aliphatic carbocycles. The molecule has 2 N–H and O–H groups in total. The normalized spacial score (nSPS) is 10.6. The molecule has 39 heavy (non-hydrogen) atoms. The molecule has 2 aromatic carbocycles. The zero-order valence-electron chi connectivity index (χ0n) is 22.6.